The van der Waals surface area contributed by atoms with Gasteiger partial charge in [0.05, 0.1) is 6.61 Å². The van der Waals surface area contributed by atoms with Crippen LogP contribution < -0.4 is 24.8 Å². The molecule has 29 heavy (non-hydrogen) atoms. The zero-order valence-corrected chi connectivity index (χ0v) is 17.2. The molecule has 2 aliphatic heterocycles. The van der Waals surface area contributed by atoms with Crippen LogP contribution in [-0.2, 0) is 0 Å². The van der Waals surface area contributed by atoms with Crippen LogP contribution in [0.3, 0.4) is 0 Å². The molecule has 0 aromatic heterocycles. The second-order valence-corrected chi connectivity index (χ2v) is 8.29. The Morgan fingerprint density at radius 1 is 1.00 bits per heavy atom. The first-order valence-corrected chi connectivity index (χ1v) is 11.1. The van der Waals surface area contributed by atoms with Crippen molar-refractivity contribution < 1.29 is 19.0 Å². The van der Waals surface area contributed by atoms with Crippen LogP contribution in [-0.4, -0.2) is 56.0 Å². The van der Waals surface area contributed by atoms with E-state index in [2.05, 4.69) is 15.5 Å². The van der Waals surface area contributed by atoms with Gasteiger partial charge in [0, 0.05) is 37.8 Å². The molecular weight excluding hydrogens is 370 g/mol. The number of piperidine rings is 1. The van der Waals surface area contributed by atoms with E-state index in [1.807, 2.05) is 18.2 Å². The maximum atomic E-state index is 12.2. The summed E-state index contributed by atoms with van der Waals surface area (Å²) in [6.45, 7) is 4.04. The highest BCUT2D eigenvalue weighted by Crippen LogP contribution is 2.35. The molecule has 7 nitrogen and oxygen atoms in total. The topological polar surface area (TPSA) is 72.1 Å². The van der Waals surface area contributed by atoms with E-state index in [9.17, 15) is 4.79 Å². The van der Waals surface area contributed by atoms with Crippen LogP contribution in [0.1, 0.15) is 51.4 Å². The molecule has 3 aliphatic rings. The zero-order valence-electron chi connectivity index (χ0n) is 17.2. The van der Waals surface area contributed by atoms with Crippen molar-refractivity contribution in [3.63, 3.8) is 0 Å². The van der Waals surface area contributed by atoms with Gasteiger partial charge in [-0.05, 0) is 44.2 Å². The van der Waals surface area contributed by atoms with Crippen molar-refractivity contribution in [1.82, 2.24) is 15.5 Å². The average Bonchev–Trinajstić information content (AvgIpc) is 3.21. The molecule has 160 valence electrons. The lowest BCUT2D eigenvalue weighted by molar-refractivity contribution is 0.173. The van der Waals surface area contributed by atoms with Crippen LogP contribution in [0.15, 0.2) is 18.2 Å². The maximum absolute atomic E-state index is 12.2. The minimum Gasteiger partial charge on any atom is -0.493 e. The van der Waals surface area contributed by atoms with Crippen LogP contribution >= 0.6 is 0 Å². The Morgan fingerprint density at radius 2 is 1.72 bits per heavy atom. The number of fused-ring (bicyclic) bond motifs is 1. The fraction of sp³-hybridized carbons (Fsp3) is 0.682. The number of rotatable bonds is 7. The van der Waals surface area contributed by atoms with Gasteiger partial charge in [-0.2, -0.15) is 0 Å². The summed E-state index contributed by atoms with van der Waals surface area (Å²) in [5, 5.41) is 6.33. The van der Waals surface area contributed by atoms with Gasteiger partial charge >= 0.3 is 6.03 Å². The quantitative estimate of drug-likeness (QED) is 0.684. The van der Waals surface area contributed by atoms with Crippen LogP contribution in [0, 0.1) is 0 Å². The molecule has 1 aliphatic carbocycles. The summed E-state index contributed by atoms with van der Waals surface area (Å²) in [7, 11) is 0. The first-order chi connectivity index (χ1) is 14.3. The summed E-state index contributed by atoms with van der Waals surface area (Å²) in [5.74, 6) is 2.35. The molecule has 0 spiro atoms. The minimum atomic E-state index is 0.0208. The van der Waals surface area contributed by atoms with E-state index in [1.54, 1.807) is 0 Å². The lowest BCUT2D eigenvalue weighted by atomic mass is 9.96. The molecule has 0 bridgehead atoms. The highest BCUT2D eigenvalue weighted by Gasteiger charge is 2.22. The number of amides is 2. The smallest absolute Gasteiger partial charge is 0.315 e. The van der Waals surface area contributed by atoms with Crippen molar-refractivity contribution in [2.45, 2.75) is 63.5 Å². The van der Waals surface area contributed by atoms with Crippen molar-refractivity contribution in [2.24, 2.45) is 0 Å². The number of likely N-dealkylation sites (tertiary alicyclic amines) is 1. The van der Waals surface area contributed by atoms with Gasteiger partial charge in [0.15, 0.2) is 11.5 Å². The van der Waals surface area contributed by atoms with Gasteiger partial charge in [0.25, 0.3) is 0 Å². The number of nitrogens with zero attached hydrogens (tertiary/aromatic N) is 1. The molecule has 4 rings (SSSR count). The second-order valence-electron chi connectivity index (χ2n) is 8.29. The van der Waals surface area contributed by atoms with E-state index in [0.717, 1.165) is 69.0 Å². The molecule has 2 heterocycles. The average molecular weight is 404 g/mol. The normalized spacial score (nSPS) is 20.4. The predicted molar refractivity (Wildman–Crippen MR) is 111 cm³/mol. The highest BCUT2D eigenvalue weighted by molar-refractivity contribution is 5.74. The Bertz CT molecular complexity index is 670. The minimum absolute atomic E-state index is 0.0208. The van der Waals surface area contributed by atoms with E-state index >= 15 is 0 Å². The lowest BCUT2D eigenvalue weighted by Crippen LogP contribution is -2.50. The van der Waals surface area contributed by atoms with Crippen LogP contribution in [0.4, 0.5) is 4.79 Å². The Labute approximate surface area is 173 Å². The fourth-order valence-corrected chi connectivity index (χ4v) is 4.41. The third-order valence-electron chi connectivity index (χ3n) is 6.09. The van der Waals surface area contributed by atoms with Crippen molar-refractivity contribution in [1.29, 1.82) is 0 Å². The van der Waals surface area contributed by atoms with Crippen molar-refractivity contribution in [3.05, 3.63) is 18.2 Å². The first-order valence-electron chi connectivity index (χ1n) is 11.1. The van der Waals surface area contributed by atoms with Crippen LogP contribution in [0.2, 0.25) is 0 Å². The SMILES string of the molecule is O=C(NC1CCCCC1)NC1CCN(CCCOc2ccc3c(c2)OCO3)CC1. The monoisotopic (exact) mass is 403 g/mol. The van der Waals surface area contributed by atoms with Gasteiger partial charge in [-0.1, -0.05) is 19.3 Å². The molecular formula is C22H33N3O4. The number of nitrogens with one attached hydrogen (secondary N) is 2. The Kier molecular flexibility index (Phi) is 6.98. The molecule has 1 aromatic rings. The fourth-order valence-electron chi connectivity index (χ4n) is 4.41. The molecule has 2 amide bonds. The first kappa shape index (κ1) is 20.1. The Hall–Kier alpha value is -2.15. The third kappa shape index (κ3) is 5.92. The largest absolute Gasteiger partial charge is 0.493 e. The summed E-state index contributed by atoms with van der Waals surface area (Å²) in [6.07, 6.45) is 9.04. The summed E-state index contributed by atoms with van der Waals surface area (Å²) in [6, 6.07) is 6.38. The van der Waals surface area contributed by atoms with E-state index in [4.69, 9.17) is 14.2 Å². The number of carbonyl (C=O) groups excluding carboxylic acids is 1. The molecule has 1 aromatic carbocycles. The molecule has 0 unspecified atom stereocenters. The molecule has 1 saturated heterocycles. The van der Waals surface area contributed by atoms with Crippen molar-refractivity contribution in [3.8, 4) is 17.2 Å². The van der Waals surface area contributed by atoms with Gasteiger partial charge in [-0.25, -0.2) is 4.79 Å². The van der Waals surface area contributed by atoms with Crippen LogP contribution in [0.25, 0.3) is 0 Å². The Morgan fingerprint density at radius 3 is 2.52 bits per heavy atom. The Balaban J connectivity index is 1.08. The van der Waals surface area contributed by atoms with E-state index < -0.39 is 0 Å². The predicted octanol–water partition coefficient (Wildman–Crippen LogP) is 3.28. The van der Waals surface area contributed by atoms with Crippen molar-refractivity contribution >= 4 is 6.03 Å². The standard InChI is InChI=1S/C22H33N3O4/c26-22(23-17-5-2-1-3-6-17)24-18-9-12-25(13-10-18)11-4-14-27-19-7-8-20-21(15-19)29-16-28-20/h7-8,15,17-18H,1-6,9-14,16H2,(H2,23,24,26). The summed E-state index contributed by atoms with van der Waals surface area (Å²) in [4.78, 5) is 14.7. The van der Waals surface area contributed by atoms with Gasteiger partial charge < -0.3 is 29.7 Å². The van der Waals surface area contributed by atoms with Gasteiger partial charge in [0.1, 0.15) is 5.75 Å². The number of hydrogen-bond acceptors (Lipinski definition) is 5. The van der Waals surface area contributed by atoms with Gasteiger partial charge in [0.2, 0.25) is 6.79 Å². The van der Waals surface area contributed by atoms with E-state index in [-0.39, 0.29) is 12.8 Å². The highest BCUT2D eigenvalue weighted by atomic mass is 16.7. The maximum Gasteiger partial charge on any atom is 0.315 e. The molecule has 7 heteroatoms. The third-order valence-corrected chi connectivity index (χ3v) is 6.09. The second kappa shape index (κ2) is 10.1. The summed E-state index contributed by atoms with van der Waals surface area (Å²) >= 11 is 0. The van der Waals surface area contributed by atoms with Gasteiger partial charge in [-0.15, -0.1) is 0 Å². The number of urea groups is 1. The molecule has 1 saturated carbocycles. The van der Waals surface area contributed by atoms with E-state index in [1.165, 1.54) is 19.3 Å². The number of carbonyl (C=O) groups is 1. The van der Waals surface area contributed by atoms with Crippen LogP contribution in [0.5, 0.6) is 17.2 Å². The summed E-state index contributed by atoms with van der Waals surface area (Å²) in [5.41, 5.74) is 0. The number of hydrogen-bond donors (Lipinski definition) is 2. The van der Waals surface area contributed by atoms with Crippen molar-refractivity contribution in [2.75, 3.05) is 33.0 Å². The van der Waals surface area contributed by atoms with Gasteiger partial charge in [-0.3, -0.25) is 0 Å². The zero-order chi connectivity index (χ0) is 19.9. The molecule has 0 atom stereocenters. The van der Waals surface area contributed by atoms with E-state index in [0.29, 0.717) is 18.7 Å². The molecule has 0 radical (unpaired) electrons. The molecule has 2 N–H and O–H groups in total. The lowest BCUT2D eigenvalue weighted by Gasteiger charge is -2.33. The summed E-state index contributed by atoms with van der Waals surface area (Å²) < 4.78 is 16.5. The molecule has 2 fully saturated rings. The number of benzene rings is 1. The number of ether oxygens (including phenoxy) is 3.